The summed E-state index contributed by atoms with van der Waals surface area (Å²) < 4.78 is 22.8. The van der Waals surface area contributed by atoms with Crippen LogP contribution in [0.15, 0.2) is 29.2 Å². The summed E-state index contributed by atoms with van der Waals surface area (Å²) >= 11 is 0. The molecule has 5 heteroatoms. The summed E-state index contributed by atoms with van der Waals surface area (Å²) in [5.74, 6) is 0.764. The summed E-state index contributed by atoms with van der Waals surface area (Å²) in [5.41, 5.74) is 0.757. The fraction of sp³-hybridized carbons (Fsp3) is 0.600. The molecular weight excluding hydrogens is 274 g/mol. The first-order chi connectivity index (χ1) is 9.29. The zero-order chi connectivity index (χ0) is 14.9. The first kappa shape index (κ1) is 15.5. The number of sulfone groups is 1. The predicted molar refractivity (Wildman–Crippen MR) is 79.3 cm³/mol. The number of benzene rings is 1. The second-order valence-electron chi connectivity index (χ2n) is 5.87. The van der Waals surface area contributed by atoms with Gasteiger partial charge in [0, 0.05) is 18.8 Å². The summed E-state index contributed by atoms with van der Waals surface area (Å²) in [7, 11) is -1.15. The van der Waals surface area contributed by atoms with E-state index in [0.717, 1.165) is 11.5 Å². The lowest BCUT2D eigenvalue weighted by atomic mass is 10.1. The van der Waals surface area contributed by atoms with Gasteiger partial charge < -0.3 is 10.0 Å². The zero-order valence-electron chi connectivity index (χ0n) is 12.3. The molecule has 4 nitrogen and oxygen atoms in total. The Hall–Kier alpha value is -0.910. The second kappa shape index (κ2) is 5.84. The molecule has 1 aromatic carbocycles. The van der Waals surface area contributed by atoms with Gasteiger partial charge in [0.05, 0.1) is 11.0 Å². The van der Waals surface area contributed by atoms with E-state index in [2.05, 4.69) is 11.8 Å². The molecule has 1 aliphatic rings. The number of hydrogen-bond acceptors (Lipinski definition) is 4. The minimum Gasteiger partial charge on any atom is -0.387 e. The van der Waals surface area contributed by atoms with E-state index in [1.54, 1.807) is 24.3 Å². The van der Waals surface area contributed by atoms with Crippen LogP contribution in [0, 0.1) is 5.92 Å². The van der Waals surface area contributed by atoms with Gasteiger partial charge in [0.1, 0.15) is 0 Å². The van der Waals surface area contributed by atoms with Gasteiger partial charge in [-0.15, -0.1) is 0 Å². The maximum absolute atomic E-state index is 11.4. The summed E-state index contributed by atoms with van der Waals surface area (Å²) in [6.07, 6.45) is 3.16. The van der Waals surface area contributed by atoms with Crippen molar-refractivity contribution in [1.29, 1.82) is 0 Å². The minimum absolute atomic E-state index is 0.285. The standard InChI is InChI=1S/C15H23NO3S/c1-11(12-4-5-12)16(2)10-15(17)13-6-8-14(9-7-13)20(3,18)19/h6-9,11-12,15,17H,4-5,10H2,1-3H3. The molecule has 1 fully saturated rings. The van der Waals surface area contributed by atoms with Crippen LogP contribution in [0.5, 0.6) is 0 Å². The Morgan fingerprint density at radius 3 is 2.30 bits per heavy atom. The van der Waals surface area contributed by atoms with E-state index in [-0.39, 0.29) is 4.90 Å². The highest BCUT2D eigenvalue weighted by Gasteiger charge is 2.31. The largest absolute Gasteiger partial charge is 0.387 e. The van der Waals surface area contributed by atoms with Crippen LogP contribution in [0.2, 0.25) is 0 Å². The summed E-state index contributed by atoms with van der Waals surface area (Å²) in [5, 5.41) is 10.2. The highest BCUT2D eigenvalue weighted by Crippen LogP contribution is 2.35. The average molecular weight is 297 g/mol. The molecule has 20 heavy (non-hydrogen) atoms. The Labute approximate surface area is 121 Å². The average Bonchev–Trinajstić information content (AvgIpc) is 3.21. The van der Waals surface area contributed by atoms with Crippen molar-refractivity contribution < 1.29 is 13.5 Å². The minimum atomic E-state index is -3.18. The third kappa shape index (κ3) is 3.81. The molecule has 1 saturated carbocycles. The predicted octanol–water partition coefficient (Wildman–Crippen LogP) is 1.85. The highest BCUT2D eigenvalue weighted by molar-refractivity contribution is 7.90. The van der Waals surface area contributed by atoms with Gasteiger partial charge in [0.25, 0.3) is 0 Å². The molecule has 0 radical (unpaired) electrons. The van der Waals surface area contributed by atoms with Crippen LogP contribution >= 0.6 is 0 Å². The lowest BCUT2D eigenvalue weighted by molar-refractivity contribution is 0.102. The van der Waals surface area contributed by atoms with Gasteiger partial charge in [0.2, 0.25) is 0 Å². The molecule has 0 spiro atoms. The Morgan fingerprint density at radius 2 is 1.85 bits per heavy atom. The van der Waals surface area contributed by atoms with Gasteiger partial charge in [-0.3, -0.25) is 0 Å². The summed E-state index contributed by atoms with van der Waals surface area (Å²) in [6.45, 7) is 2.76. The van der Waals surface area contributed by atoms with Gasteiger partial charge in [-0.2, -0.15) is 0 Å². The van der Waals surface area contributed by atoms with Crippen molar-refractivity contribution in [2.75, 3.05) is 19.8 Å². The van der Waals surface area contributed by atoms with Crippen molar-refractivity contribution >= 4 is 9.84 Å². The van der Waals surface area contributed by atoms with Gasteiger partial charge in [0.15, 0.2) is 9.84 Å². The van der Waals surface area contributed by atoms with Gasteiger partial charge in [-0.05, 0) is 50.4 Å². The van der Waals surface area contributed by atoms with Gasteiger partial charge >= 0.3 is 0 Å². The van der Waals surface area contributed by atoms with Crippen LogP contribution in [-0.4, -0.2) is 44.3 Å². The van der Waals surface area contributed by atoms with E-state index in [1.807, 2.05) is 7.05 Å². The lowest BCUT2D eigenvalue weighted by Gasteiger charge is -2.27. The summed E-state index contributed by atoms with van der Waals surface area (Å²) in [4.78, 5) is 2.46. The number of nitrogens with zero attached hydrogens (tertiary/aromatic N) is 1. The first-order valence-corrected chi connectivity index (χ1v) is 8.86. The van der Waals surface area contributed by atoms with Crippen molar-refractivity contribution in [2.45, 2.75) is 36.8 Å². The van der Waals surface area contributed by atoms with Crippen LogP contribution in [-0.2, 0) is 9.84 Å². The molecule has 0 saturated heterocycles. The fourth-order valence-electron chi connectivity index (χ4n) is 2.42. The Morgan fingerprint density at radius 1 is 1.30 bits per heavy atom. The van der Waals surface area contributed by atoms with Crippen LogP contribution < -0.4 is 0 Å². The number of aliphatic hydroxyl groups is 1. The fourth-order valence-corrected chi connectivity index (χ4v) is 3.05. The molecule has 1 N–H and O–H groups in total. The molecule has 112 valence electrons. The third-order valence-corrected chi connectivity index (χ3v) is 5.28. The third-order valence-electron chi connectivity index (χ3n) is 4.15. The van der Waals surface area contributed by atoms with Crippen molar-refractivity contribution in [3.05, 3.63) is 29.8 Å². The number of aliphatic hydroxyl groups excluding tert-OH is 1. The maximum atomic E-state index is 11.4. The second-order valence-corrected chi connectivity index (χ2v) is 7.89. The normalized spacial score (nSPS) is 19.1. The van der Waals surface area contributed by atoms with Gasteiger partial charge in [-0.25, -0.2) is 8.42 Å². The first-order valence-electron chi connectivity index (χ1n) is 6.97. The molecule has 2 rings (SSSR count). The van der Waals surface area contributed by atoms with E-state index in [1.165, 1.54) is 19.1 Å². The number of hydrogen-bond donors (Lipinski definition) is 1. The number of rotatable bonds is 6. The van der Waals surface area contributed by atoms with E-state index in [0.29, 0.717) is 12.6 Å². The topological polar surface area (TPSA) is 57.6 Å². The molecule has 0 aliphatic heterocycles. The number of likely N-dealkylation sites (N-methyl/N-ethyl adjacent to an activating group) is 1. The molecule has 0 aromatic heterocycles. The van der Waals surface area contributed by atoms with E-state index in [9.17, 15) is 13.5 Å². The van der Waals surface area contributed by atoms with Crippen LogP contribution in [0.25, 0.3) is 0 Å². The molecule has 0 heterocycles. The molecular formula is C15H23NO3S. The zero-order valence-corrected chi connectivity index (χ0v) is 13.1. The smallest absolute Gasteiger partial charge is 0.175 e. The quantitative estimate of drug-likeness (QED) is 0.870. The molecule has 1 aromatic rings. The molecule has 0 bridgehead atoms. The van der Waals surface area contributed by atoms with Gasteiger partial charge in [-0.1, -0.05) is 12.1 Å². The Bertz CT molecular complexity index is 549. The Kier molecular flexibility index (Phi) is 4.52. The van der Waals surface area contributed by atoms with E-state index < -0.39 is 15.9 Å². The summed E-state index contributed by atoms with van der Waals surface area (Å²) in [6, 6.07) is 6.98. The van der Waals surface area contributed by atoms with Crippen LogP contribution in [0.3, 0.4) is 0 Å². The van der Waals surface area contributed by atoms with Crippen LogP contribution in [0.4, 0.5) is 0 Å². The van der Waals surface area contributed by atoms with E-state index >= 15 is 0 Å². The molecule has 2 atom stereocenters. The SMILES string of the molecule is CC(C1CC1)N(C)CC(O)c1ccc(S(C)(=O)=O)cc1. The lowest BCUT2D eigenvalue weighted by Crippen LogP contribution is -2.34. The molecule has 1 aliphatic carbocycles. The van der Waals surface area contributed by atoms with Crippen molar-refractivity contribution in [2.24, 2.45) is 5.92 Å². The molecule has 2 unspecified atom stereocenters. The van der Waals surface area contributed by atoms with E-state index in [4.69, 9.17) is 0 Å². The Balaban J connectivity index is 2.00. The maximum Gasteiger partial charge on any atom is 0.175 e. The monoisotopic (exact) mass is 297 g/mol. The van der Waals surface area contributed by atoms with Crippen LogP contribution in [0.1, 0.15) is 31.4 Å². The highest BCUT2D eigenvalue weighted by atomic mass is 32.2. The molecule has 0 amide bonds. The van der Waals surface area contributed by atoms with Crippen molar-refractivity contribution in [3.8, 4) is 0 Å². The van der Waals surface area contributed by atoms with Crippen molar-refractivity contribution in [1.82, 2.24) is 4.90 Å². The van der Waals surface area contributed by atoms with Crippen molar-refractivity contribution in [3.63, 3.8) is 0 Å².